The lowest BCUT2D eigenvalue weighted by atomic mass is 9.94. The number of nitrogens with zero attached hydrogens (tertiary/aromatic N) is 1. The zero-order valence-corrected chi connectivity index (χ0v) is 19.1. The van der Waals surface area contributed by atoms with Crippen LogP contribution >= 0.6 is 0 Å². The molecule has 7 nitrogen and oxygen atoms in total. The number of carbonyl (C=O) groups is 1. The molecule has 0 radical (unpaired) electrons. The Labute approximate surface area is 187 Å². The summed E-state index contributed by atoms with van der Waals surface area (Å²) in [6, 6.07) is 9.47. The van der Waals surface area contributed by atoms with Crippen LogP contribution in [0.5, 0.6) is 0 Å². The number of aromatic nitrogens is 2. The molecule has 2 aromatic heterocycles. The summed E-state index contributed by atoms with van der Waals surface area (Å²) in [4.78, 5) is 32.6. The molecule has 1 aromatic carbocycles. The lowest BCUT2D eigenvalue weighted by Gasteiger charge is -2.20. The molecule has 0 saturated heterocycles. The van der Waals surface area contributed by atoms with E-state index in [1.165, 1.54) is 0 Å². The fraction of sp³-hybridized carbons (Fsp3) is 0.280. The second kappa shape index (κ2) is 9.60. The molecule has 0 aliphatic heterocycles. The van der Waals surface area contributed by atoms with Gasteiger partial charge in [-0.15, -0.1) is 0 Å². The molecule has 0 atom stereocenters. The number of benzene rings is 1. The lowest BCUT2D eigenvalue weighted by molar-refractivity contribution is 0.0950. The van der Waals surface area contributed by atoms with Gasteiger partial charge < -0.3 is 21.0 Å². The molecule has 0 fully saturated rings. The summed E-state index contributed by atoms with van der Waals surface area (Å²) in [6.45, 7) is 9.45. The standard InChI is InChI=1S/C25H29N5O2/c1-14(2)29-22-11-19(18-7-6-8-27-12-18)10-20(23(22)17(5)26)24(31)28-13-21-15(3)9-16(4)30-25(21)32/h6-12,14,26,29H,13H2,1-5H3,(H,28,31)(H,30,32). The van der Waals surface area contributed by atoms with Crippen LogP contribution in [0.3, 0.4) is 0 Å². The molecule has 7 heteroatoms. The summed E-state index contributed by atoms with van der Waals surface area (Å²) in [6.07, 6.45) is 3.43. The quantitative estimate of drug-likeness (QED) is 0.420. The minimum absolute atomic E-state index is 0.0980. The third kappa shape index (κ3) is 5.11. The molecular weight excluding hydrogens is 402 g/mol. The number of amides is 1. The van der Waals surface area contributed by atoms with Gasteiger partial charge >= 0.3 is 0 Å². The number of hydrogen-bond acceptors (Lipinski definition) is 5. The van der Waals surface area contributed by atoms with Gasteiger partial charge in [-0.3, -0.25) is 14.6 Å². The highest BCUT2D eigenvalue weighted by Gasteiger charge is 2.20. The van der Waals surface area contributed by atoms with Crippen LogP contribution in [0, 0.1) is 19.3 Å². The van der Waals surface area contributed by atoms with Crippen molar-refractivity contribution in [3.8, 4) is 11.1 Å². The van der Waals surface area contributed by atoms with Gasteiger partial charge in [0.25, 0.3) is 11.5 Å². The number of rotatable bonds is 7. The molecule has 0 aliphatic rings. The number of aryl methyl sites for hydroxylation is 2. The summed E-state index contributed by atoms with van der Waals surface area (Å²) in [5.41, 5.74) is 5.50. The Balaban J connectivity index is 2.05. The topological polar surface area (TPSA) is 111 Å². The molecule has 1 amide bonds. The molecule has 166 valence electrons. The average molecular weight is 432 g/mol. The lowest BCUT2D eigenvalue weighted by Crippen LogP contribution is -2.29. The Morgan fingerprint density at radius 2 is 1.94 bits per heavy atom. The van der Waals surface area contributed by atoms with Crippen LogP contribution in [0.2, 0.25) is 0 Å². The molecule has 3 aromatic rings. The van der Waals surface area contributed by atoms with Gasteiger partial charge in [-0.1, -0.05) is 6.07 Å². The number of aromatic amines is 1. The first-order valence-corrected chi connectivity index (χ1v) is 10.6. The molecule has 2 heterocycles. The van der Waals surface area contributed by atoms with Crippen LogP contribution in [0.4, 0.5) is 5.69 Å². The van der Waals surface area contributed by atoms with Crippen LogP contribution in [-0.2, 0) is 6.54 Å². The molecule has 0 aliphatic carbocycles. The van der Waals surface area contributed by atoms with E-state index in [4.69, 9.17) is 5.41 Å². The predicted octanol–water partition coefficient (Wildman–Crippen LogP) is 4.19. The number of hydrogen-bond donors (Lipinski definition) is 4. The first kappa shape index (κ1) is 22.9. The number of carbonyl (C=O) groups excluding carboxylic acids is 1. The van der Waals surface area contributed by atoms with E-state index >= 15 is 0 Å². The summed E-state index contributed by atoms with van der Waals surface area (Å²) in [5, 5.41) is 14.6. The van der Waals surface area contributed by atoms with E-state index in [-0.39, 0.29) is 29.8 Å². The van der Waals surface area contributed by atoms with Crippen molar-refractivity contribution in [2.75, 3.05) is 5.32 Å². The van der Waals surface area contributed by atoms with Crippen molar-refractivity contribution in [1.29, 1.82) is 5.41 Å². The van der Waals surface area contributed by atoms with Crippen molar-refractivity contribution < 1.29 is 4.79 Å². The largest absolute Gasteiger partial charge is 0.382 e. The van der Waals surface area contributed by atoms with Gasteiger partial charge in [-0.05, 0) is 70.0 Å². The summed E-state index contributed by atoms with van der Waals surface area (Å²) in [7, 11) is 0. The van der Waals surface area contributed by atoms with Crippen molar-refractivity contribution in [1.82, 2.24) is 15.3 Å². The number of nitrogens with one attached hydrogen (secondary N) is 4. The van der Waals surface area contributed by atoms with Crippen molar-refractivity contribution in [2.45, 2.75) is 47.2 Å². The minimum atomic E-state index is -0.344. The fourth-order valence-corrected chi connectivity index (χ4v) is 3.72. The highest BCUT2D eigenvalue weighted by Crippen LogP contribution is 2.30. The maximum absolute atomic E-state index is 13.3. The predicted molar refractivity (Wildman–Crippen MR) is 129 cm³/mol. The van der Waals surface area contributed by atoms with E-state index in [0.29, 0.717) is 22.4 Å². The maximum atomic E-state index is 13.3. The first-order valence-electron chi connectivity index (χ1n) is 10.6. The zero-order chi connectivity index (χ0) is 23.4. The van der Waals surface area contributed by atoms with Crippen LogP contribution in [0.15, 0.2) is 47.5 Å². The third-order valence-electron chi connectivity index (χ3n) is 5.12. The third-order valence-corrected chi connectivity index (χ3v) is 5.12. The summed E-state index contributed by atoms with van der Waals surface area (Å²) < 4.78 is 0. The Hall–Kier alpha value is -3.74. The van der Waals surface area contributed by atoms with Gasteiger partial charge in [-0.25, -0.2) is 0 Å². The Morgan fingerprint density at radius 1 is 1.19 bits per heavy atom. The number of anilines is 1. The van der Waals surface area contributed by atoms with Gasteiger partial charge in [0.2, 0.25) is 0 Å². The monoisotopic (exact) mass is 431 g/mol. The molecule has 0 bridgehead atoms. The molecule has 0 unspecified atom stereocenters. The SMILES string of the molecule is CC(=N)c1c(NC(C)C)cc(-c2cccnc2)cc1C(=O)NCc1c(C)cc(C)[nH]c1=O. The maximum Gasteiger partial charge on any atom is 0.253 e. The van der Waals surface area contributed by atoms with Gasteiger partial charge in [0, 0.05) is 58.8 Å². The van der Waals surface area contributed by atoms with E-state index in [9.17, 15) is 9.59 Å². The van der Waals surface area contributed by atoms with Crippen LogP contribution in [-0.4, -0.2) is 27.6 Å². The first-order chi connectivity index (χ1) is 15.2. The summed E-state index contributed by atoms with van der Waals surface area (Å²) >= 11 is 0. The van der Waals surface area contributed by atoms with Crippen molar-refractivity contribution in [2.24, 2.45) is 0 Å². The second-order valence-corrected chi connectivity index (χ2v) is 8.24. The van der Waals surface area contributed by atoms with E-state index < -0.39 is 0 Å². The van der Waals surface area contributed by atoms with Gasteiger partial charge in [0.05, 0.1) is 5.56 Å². The van der Waals surface area contributed by atoms with Crippen LogP contribution < -0.4 is 16.2 Å². The van der Waals surface area contributed by atoms with Gasteiger partial charge in [0.15, 0.2) is 0 Å². The van der Waals surface area contributed by atoms with E-state index in [1.54, 1.807) is 25.4 Å². The van der Waals surface area contributed by atoms with Gasteiger partial charge in [-0.2, -0.15) is 0 Å². The van der Waals surface area contributed by atoms with E-state index in [0.717, 1.165) is 22.4 Å². The highest BCUT2D eigenvalue weighted by atomic mass is 16.1. The molecular formula is C25H29N5O2. The van der Waals surface area contributed by atoms with Crippen LogP contribution in [0.1, 0.15) is 53.5 Å². The van der Waals surface area contributed by atoms with Crippen LogP contribution in [0.25, 0.3) is 11.1 Å². The molecule has 32 heavy (non-hydrogen) atoms. The van der Waals surface area contributed by atoms with Gasteiger partial charge in [0.1, 0.15) is 0 Å². The Morgan fingerprint density at radius 3 is 2.53 bits per heavy atom. The molecule has 0 spiro atoms. The Kier molecular flexibility index (Phi) is 6.88. The van der Waals surface area contributed by atoms with Crippen molar-refractivity contribution in [3.63, 3.8) is 0 Å². The molecule has 4 N–H and O–H groups in total. The van der Waals surface area contributed by atoms with Crippen molar-refractivity contribution >= 4 is 17.3 Å². The number of pyridine rings is 2. The summed E-state index contributed by atoms with van der Waals surface area (Å²) in [5.74, 6) is -0.344. The average Bonchev–Trinajstić information content (AvgIpc) is 2.72. The zero-order valence-electron chi connectivity index (χ0n) is 19.1. The van der Waals surface area contributed by atoms with Crippen molar-refractivity contribution in [3.05, 3.63) is 81.0 Å². The molecule has 0 saturated carbocycles. The Bertz CT molecular complexity index is 1210. The van der Waals surface area contributed by atoms with E-state index in [1.807, 2.05) is 52.0 Å². The smallest absolute Gasteiger partial charge is 0.253 e. The van der Waals surface area contributed by atoms with E-state index in [2.05, 4.69) is 20.6 Å². The highest BCUT2D eigenvalue weighted by molar-refractivity contribution is 6.12. The minimum Gasteiger partial charge on any atom is -0.382 e. The normalized spacial score (nSPS) is 10.8. The molecule has 3 rings (SSSR count). The second-order valence-electron chi connectivity index (χ2n) is 8.24. The number of H-pyrrole nitrogens is 1. The fourth-order valence-electron chi connectivity index (χ4n) is 3.72.